The zero-order chi connectivity index (χ0) is 61.4. The molecular weight excluding hydrogens is 1180 g/mol. The second-order valence-corrected chi connectivity index (χ2v) is 29.8. The van der Waals surface area contributed by atoms with Gasteiger partial charge in [0.05, 0.1) is 57.9 Å². The predicted octanol–water partition coefficient (Wildman–Crippen LogP) is 11.5. The van der Waals surface area contributed by atoms with Gasteiger partial charge in [-0.25, -0.2) is 26.8 Å². The fourth-order valence-corrected chi connectivity index (χ4v) is 13.4. The standard InChI is InChI=1S/C31H40ClN7O4S.C29H38ClN7O4S/c1-17(2)44(41,42)30-26(16-39(4)38-30)35-28-24(32)15-33-31(37-28)36-25-13-18(3)23(14-27(25)43-22-11-12-22)19-7-9-21(10-8-19)34-29(40)20-5-6-20;1-16(2)42(39,40)28-25(15-37(5)36-28)33-27-23(30)14-31-29(35-27)34-24-12-17(3)22(13-26(24)41-21-10-11-21)19-6-8-20(9-7-19)32-18(4)38/h13-17,19-22H,5-12H2,1-4H3,(H,34,40)(H2,33,35,36,37);12-16,19-21H,6-11H2,1-5H3,(H,32,38)(H2,31,33,34,35). The maximum atomic E-state index is 12.9. The van der Waals surface area contributed by atoms with E-state index in [-0.39, 0.29) is 97.0 Å². The summed E-state index contributed by atoms with van der Waals surface area (Å²) in [7, 11) is -3.99. The largest absolute Gasteiger partial charge is 0.488 e. The fraction of sp³-hybridized carbons (Fsp3) is 0.533. The highest BCUT2D eigenvalue weighted by Crippen LogP contribution is 2.44. The second kappa shape index (κ2) is 25.9. The first-order valence-corrected chi connectivity index (χ1v) is 33.6. The third-order valence-corrected chi connectivity index (χ3v) is 21.0. The van der Waals surface area contributed by atoms with Crippen molar-refractivity contribution in [1.82, 2.24) is 50.1 Å². The van der Waals surface area contributed by atoms with Gasteiger partial charge in [0.15, 0.2) is 11.6 Å². The van der Waals surface area contributed by atoms with Crippen LogP contribution in [0.4, 0.5) is 46.3 Å². The number of anilines is 8. The average molecular weight is 1260 g/mol. The van der Waals surface area contributed by atoms with Gasteiger partial charge in [-0.15, -0.1) is 0 Å². The van der Waals surface area contributed by atoms with Crippen LogP contribution in [0.1, 0.15) is 159 Å². The molecule has 0 unspecified atom stereocenters. The number of sulfone groups is 2. The van der Waals surface area contributed by atoms with E-state index in [0.29, 0.717) is 11.8 Å². The highest BCUT2D eigenvalue weighted by molar-refractivity contribution is 7.92. The smallest absolute Gasteiger partial charge is 0.229 e. The lowest BCUT2D eigenvalue weighted by atomic mass is 9.80. The normalized spacial score (nSPS) is 19.7. The van der Waals surface area contributed by atoms with Gasteiger partial charge in [-0.3, -0.25) is 19.0 Å². The minimum Gasteiger partial charge on any atom is -0.488 e. The van der Waals surface area contributed by atoms with Crippen molar-refractivity contribution in [2.24, 2.45) is 20.0 Å². The minimum atomic E-state index is -3.65. The van der Waals surface area contributed by atoms with Crippen molar-refractivity contribution in [2.45, 2.75) is 195 Å². The van der Waals surface area contributed by atoms with Crippen LogP contribution in [0.3, 0.4) is 0 Å². The van der Waals surface area contributed by atoms with Crippen LogP contribution in [0.5, 0.6) is 11.5 Å². The summed E-state index contributed by atoms with van der Waals surface area (Å²) in [4.78, 5) is 41.6. The number of halogens is 2. The minimum absolute atomic E-state index is 0.0226. The van der Waals surface area contributed by atoms with Gasteiger partial charge in [0, 0.05) is 51.4 Å². The van der Waals surface area contributed by atoms with E-state index in [1.165, 1.54) is 32.9 Å². The molecule has 6 N–H and O–H groups in total. The summed E-state index contributed by atoms with van der Waals surface area (Å²) in [5, 5.41) is 26.4. The Morgan fingerprint density at radius 3 is 1.31 bits per heavy atom. The Hall–Kier alpha value is -6.76. The summed E-state index contributed by atoms with van der Waals surface area (Å²) in [6, 6.07) is 8.92. The molecule has 2 amide bonds. The van der Waals surface area contributed by atoms with E-state index in [0.717, 1.165) is 124 Å². The monoisotopic (exact) mass is 1260 g/mol. The van der Waals surface area contributed by atoms with Gasteiger partial charge >= 0.3 is 0 Å². The van der Waals surface area contributed by atoms with E-state index in [1.54, 1.807) is 61.1 Å². The molecule has 0 radical (unpaired) electrons. The molecule has 22 nitrogen and oxygen atoms in total. The molecule has 5 fully saturated rings. The van der Waals surface area contributed by atoms with Crippen LogP contribution in [0.15, 0.2) is 59.1 Å². The number of ether oxygens (including phenoxy) is 2. The summed E-state index contributed by atoms with van der Waals surface area (Å²) >= 11 is 12.9. The number of carbonyl (C=O) groups excluding carboxylic acids is 2. The maximum Gasteiger partial charge on any atom is 0.229 e. The van der Waals surface area contributed by atoms with Crippen molar-refractivity contribution in [3.8, 4) is 11.5 Å². The van der Waals surface area contributed by atoms with Crippen LogP contribution in [0, 0.1) is 19.8 Å². The number of amides is 2. The average Bonchev–Trinajstić information content (AvgIpc) is 3.92. The predicted molar refractivity (Wildman–Crippen MR) is 333 cm³/mol. The molecule has 0 atom stereocenters. The molecule has 0 saturated heterocycles. The summed E-state index contributed by atoms with van der Waals surface area (Å²) in [5.74, 6) is 3.84. The molecule has 4 aromatic heterocycles. The highest BCUT2D eigenvalue weighted by atomic mass is 35.5. The van der Waals surface area contributed by atoms with Crippen LogP contribution in [0.25, 0.3) is 0 Å². The van der Waals surface area contributed by atoms with Crippen LogP contribution in [0.2, 0.25) is 10.0 Å². The summed E-state index contributed by atoms with van der Waals surface area (Å²) in [6.07, 6.45) is 20.5. The quantitative estimate of drug-likeness (QED) is 0.0391. The molecule has 2 aromatic carbocycles. The SMILES string of the molecule is CC(=O)NC1CCC(c2cc(OC3CC3)c(Nc3ncc(Cl)c(Nc4cn(C)nc4S(=O)(=O)C(C)C)n3)cc2C)CC1.Cc1cc(Nc2ncc(Cl)c(Nc3cn(C)nc3S(=O)(=O)C(C)C)n2)c(OC2CC2)cc1C1CCC(NC(=O)C2CC2)CC1. The van der Waals surface area contributed by atoms with Gasteiger partial charge in [-0.05, 0) is 190 Å². The Balaban J connectivity index is 0.000000191. The molecule has 5 aliphatic carbocycles. The lowest BCUT2D eigenvalue weighted by Crippen LogP contribution is -2.38. The van der Waals surface area contributed by atoms with Crippen LogP contribution in [-0.2, 0) is 43.4 Å². The number of carbonyl (C=O) groups is 2. The second-order valence-electron chi connectivity index (χ2n) is 24.1. The lowest BCUT2D eigenvalue weighted by molar-refractivity contribution is -0.123. The van der Waals surface area contributed by atoms with Crippen molar-refractivity contribution in [1.29, 1.82) is 0 Å². The third kappa shape index (κ3) is 15.1. The van der Waals surface area contributed by atoms with E-state index < -0.39 is 30.2 Å². The molecule has 86 heavy (non-hydrogen) atoms. The fourth-order valence-electron chi connectivity index (χ4n) is 11.0. The Kier molecular flexibility index (Phi) is 18.8. The number of aromatic nitrogens is 8. The number of benzene rings is 2. The molecule has 11 rings (SSSR count). The number of hydrogen-bond acceptors (Lipinski definition) is 18. The van der Waals surface area contributed by atoms with Gasteiger partial charge < -0.3 is 41.4 Å². The molecule has 5 saturated carbocycles. The first-order chi connectivity index (χ1) is 40.9. The first-order valence-electron chi connectivity index (χ1n) is 29.8. The van der Waals surface area contributed by atoms with Crippen molar-refractivity contribution in [2.75, 3.05) is 21.3 Å². The van der Waals surface area contributed by atoms with Gasteiger partial charge in [0.25, 0.3) is 0 Å². The van der Waals surface area contributed by atoms with Crippen molar-refractivity contribution >= 4 is 101 Å². The number of aryl methyl sites for hydroxylation is 4. The van der Waals surface area contributed by atoms with E-state index in [1.807, 2.05) is 0 Å². The third-order valence-electron chi connectivity index (χ3n) is 16.3. The molecule has 6 aromatic rings. The molecule has 0 aliphatic heterocycles. The topological polar surface area (TPSA) is 280 Å². The van der Waals surface area contributed by atoms with Gasteiger partial charge in [0.1, 0.15) is 21.5 Å². The highest BCUT2D eigenvalue weighted by Gasteiger charge is 2.35. The van der Waals surface area contributed by atoms with Gasteiger partial charge in [0.2, 0.25) is 53.4 Å². The molecule has 4 heterocycles. The number of nitrogens with one attached hydrogen (secondary N) is 6. The number of hydrogen-bond donors (Lipinski definition) is 6. The van der Waals surface area contributed by atoms with Crippen molar-refractivity contribution < 1.29 is 35.9 Å². The Bertz CT molecular complexity index is 3720. The molecule has 26 heteroatoms. The summed E-state index contributed by atoms with van der Waals surface area (Å²) < 4.78 is 67.2. The van der Waals surface area contributed by atoms with E-state index in [4.69, 9.17) is 32.7 Å². The first kappa shape index (κ1) is 62.3. The summed E-state index contributed by atoms with van der Waals surface area (Å²) in [6.45, 7) is 12.2. The molecule has 462 valence electrons. The van der Waals surface area contributed by atoms with Crippen LogP contribution >= 0.6 is 23.2 Å². The lowest BCUT2D eigenvalue weighted by Gasteiger charge is -2.31. The Morgan fingerprint density at radius 2 is 0.953 bits per heavy atom. The van der Waals surface area contributed by atoms with E-state index >= 15 is 0 Å². The Morgan fingerprint density at radius 1 is 0.558 bits per heavy atom. The van der Waals surface area contributed by atoms with Crippen molar-refractivity contribution in [3.63, 3.8) is 0 Å². The molecule has 5 aliphatic rings. The molecule has 0 bridgehead atoms. The zero-order valence-electron chi connectivity index (χ0n) is 50.1. The maximum absolute atomic E-state index is 12.9. The number of nitrogens with zero attached hydrogens (tertiary/aromatic N) is 8. The van der Waals surface area contributed by atoms with Gasteiger partial charge in [-0.2, -0.15) is 20.2 Å². The van der Waals surface area contributed by atoms with E-state index in [2.05, 4.69) is 100 Å². The molecular formula is C60H78Cl2N14O8S2. The number of rotatable bonds is 21. The van der Waals surface area contributed by atoms with Crippen LogP contribution < -0.4 is 41.4 Å². The van der Waals surface area contributed by atoms with Gasteiger partial charge in [-0.1, -0.05) is 23.2 Å². The zero-order valence-corrected chi connectivity index (χ0v) is 53.3. The van der Waals surface area contributed by atoms with Crippen molar-refractivity contribution in [3.05, 3.63) is 81.4 Å². The summed E-state index contributed by atoms with van der Waals surface area (Å²) in [5.41, 5.74) is 6.87. The van der Waals surface area contributed by atoms with Crippen LogP contribution in [-0.4, -0.2) is 103 Å². The molecule has 0 spiro atoms. The van der Waals surface area contributed by atoms with E-state index in [9.17, 15) is 26.4 Å². The Labute approximate surface area is 513 Å².